The molecule has 4 rings (SSSR count). The topological polar surface area (TPSA) is 53.9 Å². The molecule has 5 nitrogen and oxygen atoms in total. The molecule has 1 N–H and O–H groups in total. The molecule has 0 fully saturated rings. The number of benzene rings is 1. The Labute approximate surface area is 194 Å². The van der Waals surface area contributed by atoms with Crippen LogP contribution in [0.4, 0.5) is 5.69 Å². The van der Waals surface area contributed by atoms with E-state index in [4.69, 9.17) is 11.6 Å². The van der Waals surface area contributed by atoms with E-state index in [-0.39, 0.29) is 0 Å². The van der Waals surface area contributed by atoms with Gasteiger partial charge >= 0.3 is 0 Å². The fraction of sp³-hybridized carbons (Fsp3) is 0.269. The van der Waals surface area contributed by atoms with Crippen molar-refractivity contribution in [3.05, 3.63) is 95.7 Å². The molecule has 0 saturated carbocycles. The predicted octanol–water partition coefficient (Wildman–Crippen LogP) is 5.96. The molecule has 0 spiro atoms. The Hall–Kier alpha value is -3.02. The Morgan fingerprint density at radius 1 is 0.750 bits per heavy atom. The number of pyridine rings is 3. The van der Waals surface area contributed by atoms with Crippen LogP contribution in [0.3, 0.4) is 0 Å². The van der Waals surface area contributed by atoms with Gasteiger partial charge in [0.25, 0.3) is 0 Å². The molecule has 0 aliphatic heterocycles. The molecule has 6 heteroatoms. The second kappa shape index (κ2) is 11.6. The number of unbranched alkanes of at least 4 members (excludes halogenated alkanes) is 2. The average Bonchev–Trinajstić information content (AvgIpc) is 2.82. The first-order valence-electron chi connectivity index (χ1n) is 11.1. The van der Waals surface area contributed by atoms with Crippen molar-refractivity contribution in [2.75, 3.05) is 18.4 Å². The van der Waals surface area contributed by atoms with E-state index < -0.39 is 0 Å². The maximum atomic E-state index is 6.09. The zero-order valence-electron chi connectivity index (χ0n) is 18.1. The van der Waals surface area contributed by atoms with Crippen LogP contribution < -0.4 is 5.32 Å². The summed E-state index contributed by atoms with van der Waals surface area (Å²) in [6.45, 7) is 3.62. The second-order valence-corrected chi connectivity index (χ2v) is 8.30. The minimum absolute atomic E-state index is 0.711. The fourth-order valence-corrected chi connectivity index (χ4v) is 3.96. The molecule has 32 heavy (non-hydrogen) atoms. The number of fused-ring (bicyclic) bond motifs is 1. The van der Waals surface area contributed by atoms with Gasteiger partial charge in [-0.2, -0.15) is 0 Å². The summed E-state index contributed by atoms with van der Waals surface area (Å²) < 4.78 is 0. The molecule has 4 aromatic rings. The molecule has 0 atom stereocenters. The van der Waals surface area contributed by atoms with Gasteiger partial charge in [0.05, 0.1) is 16.9 Å². The van der Waals surface area contributed by atoms with Crippen molar-refractivity contribution >= 4 is 28.2 Å². The highest BCUT2D eigenvalue weighted by Crippen LogP contribution is 2.24. The van der Waals surface area contributed by atoms with Crippen LogP contribution in [-0.2, 0) is 13.1 Å². The lowest BCUT2D eigenvalue weighted by molar-refractivity contribution is 0.245. The van der Waals surface area contributed by atoms with Gasteiger partial charge in [-0.25, -0.2) is 0 Å². The number of hydrogen-bond acceptors (Lipinski definition) is 5. The molecule has 3 heterocycles. The van der Waals surface area contributed by atoms with Crippen molar-refractivity contribution in [3.8, 4) is 0 Å². The van der Waals surface area contributed by atoms with Crippen LogP contribution in [-0.4, -0.2) is 32.9 Å². The lowest BCUT2D eigenvalue weighted by atomic mass is 10.1. The van der Waals surface area contributed by atoms with Gasteiger partial charge in [-0.05, 0) is 67.9 Å². The van der Waals surface area contributed by atoms with Gasteiger partial charge in [0.2, 0.25) is 0 Å². The first-order chi connectivity index (χ1) is 15.8. The Balaban J connectivity index is 1.26. The van der Waals surface area contributed by atoms with Crippen LogP contribution in [0.25, 0.3) is 10.9 Å². The third-order valence-electron chi connectivity index (χ3n) is 5.39. The highest BCUT2D eigenvalue weighted by molar-refractivity contribution is 6.31. The molecule has 0 unspecified atom stereocenters. The van der Waals surface area contributed by atoms with Crippen LogP contribution >= 0.6 is 11.6 Å². The normalized spacial score (nSPS) is 11.2. The summed E-state index contributed by atoms with van der Waals surface area (Å²) in [5.74, 6) is 0. The number of rotatable bonds is 11. The van der Waals surface area contributed by atoms with Crippen LogP contribution in [0.1, 0.15) is 30.7 Å². The number of halogens is 1. The molecule has 0 bridgehead atoms. The van der Waals surface area contributed by atoms with Gasteiger partial charge < -0.3 is 5.32 Å². The summed E-state index contributed by atoms with van der Waals surface area (Å²) in [6, 6.07) is 20.0. The maximum Gasteiger partial charge on any atom is 0.0737 e. The lowest BCUT2D eigenvalue weighted by Gasteiger charge is -2.21. The van der Waals surface area contributed by atoms with E-state index in [9.17, 15) is 0 Å². The Bertz CT molecular complexity index is 1060. The molecule has 164 valence electrons. The molecular weight excluding hydrogens is 418 g/mol. The van der Waals surface area contributed by atoms with Crippen LogP contribution in [0.15, 0.2) is 79.3 Å². The molecule has 3 aromatic heterocycles. The predicted molar refractivity (Wildman–Crippen MR) is 132 cm³/mol. The summed E-state index contributed by atoms with van der Waals surface area (Å²) in [4.78, 5) is 15.8. The quantitative estimate of drug-likeness (QED) is 0.288. The Kier molecular flexibility index (Phi) is 8.01. The van der Waals surface area contributed by atoms with Crippen LogP contribution in [0, 0.1) is 0 Å². The number of hydrogen-bond donors (Lipinski definition) is 1. The highest BCUT2D eigenvalue weighted by Gasteiger charge is 2.09. The van der Waals surface area contributed by atoms with Crippen molar-refractivity contribution < 1.29 is 0 Å². The number of nitrogens with zero attached hydrogens (tertiary/aromatic N) is 4. The zero-order chi connectivity index (χ0) is 22.0. The van der Waals surface area contributed by atoms with Crippen LogP contribution in [0.5, 0.6) is 0 Å². The molecule has 0 aliphatic rings. The number of aromatic nitrogens is 3. The molecule has 0 radical (unpaired) electrons. The van der Waals surface area contributed by atoms with E-state index in [1.54, 1.807) is 0 Å². The SMILES string of the molecule is Clc1ccc2c(NCCCCCN(Cc3ccccn3)Cc3ccccn3)ccnc2c1. The summed E-state index contributed by atoms with van der Waals surface area (Å²) in [7, 11) is 0. The molecule has 1 aromatic carbocycles. The van der Waals surface area contributed by atoms with Crippen molar-refractivity contribution in [2.24, 2.45) is 0 Å². The van der Waals surface area contributed by atoms with Crippen molar-refractivity contribution in [3.63, 3.8) is 0 Å². The van der Waals surface area contributed by atoms with E-state index in [1.807, 2.05) is 67.1 Å². The third-order valence-corrected chi connectivity index (χ3v) is 5.63. The Morgan fingerprint density at radius 2 is 1.50 bits per heavy atom. The standard InChI is InChI=1S/C26H28ClN5/c27-21-10-11-24-25(12-16-31-26(24)18-21)30-15-4-1-7-17-32(19-22-8-2-5-13-28-22)20-23-9-3-6-14-29-23/h2-3,5-6,8-14,16,18H,1,4,7,15,17,19-20H2,(H,30,31). The van der Waals surface area contributed by atoms with Gasteiger partial charge in [-0.15, -0.1) is 0 Å². The summed E-state index contributed by atoms with van der Waals surface area (Å²) in [6.07, 6.45) is 8.94. The molecule has 0 saturated heterocycles. The largest absolute Gasteiger partial charge is 0.384 e. The van der Waals surface area contributed by atoms with E-state index in [2.05, 4.69) is 37.3 Å². The van der Waals surface area contributed by atoms with Crippen molar-refractivity contribution in [1.82, 2.24) is 19.9 Å². The Morgan fingerprint density at radius 3 is 2.19 bits per heavy atom. The van der Waals surface area contributed by atoms with E-state index in [0.29, 0.717) is 5.02 Å². The monoisotopic (exact) mass is 445 g/mol. The van der Waals surface area contributed by atoms with Crippen molar-refractivity contribution in [1.29, 1.82) is 0 Å². The number of nitrogens with one attached hydrogen (secondary N) is 1. The fourth-order valence-electron chi connectivity index (χ4n) is 3.79. The zero-order valence-corrected chi connectivity index (χ0v) is 18.9. The van der Waals surface area contributed by atoms with Gasteiger partial charge in [0.15, 0.2) is 0 Å². The summed E-state index contributed by atoms with van der Waals surface area (Å²) in [5, 5.41) is 5.37. The average molecular weight is 446 g/mol. The van der Waals surface area contributed by atoms with Gasteiger partial charge in [-0.3, -0.25) is 19.9 Å². The van der Waals surface area contributed by atoms with Gasteiger partial charge in [0.1, 0.15) is 0 Å². The molecule has 0 aliphatic carbocycles. The summed E-state index contributed by atoms with van der Waals surface area (Å²) in [5.41, 5.74) is 4.21. The molecule has 0 amide bonds. The first kappa shape index (κ1) is 22.2. The van der Waals surface area contributed by atoms with Gasteiger partial charge in [-0.1, -0.05) is 30.2 Å². The third kappa shape index (κ3) is 6.49. The number of anilines is 1. The van der Waals surface area contributed by atoms with E-state index >= 15 is 0 Å². The van der Waals surface area contributed by atoms with Crippen molar-refractivity contribution in [2.45, 2.75) is 32.4 Å². The van der Waals surface area contributed by atoms with E-state index in [0.717, 1.165) is 73.4 Å². The first-order valence-corrected chi connectivity index (χ1v) is 11.5. The maximum absolute atomic E-state index is 6.09. The van der Waals surface area contributed by atoms with E-state index in [1.165, 1.54) is 0 Å². The smallest absolute Gasteiger partial charge is 0.0737 e. The highest BCUT2D eigenvalue weighted by atomic mass is 35.5. The second-order valence-electron chi connectivity index (χ2n) is 7.86. The van der Waals surface area contributed by atoms with Gasteiger partial charge in [0, 0.05) is 54.3 Å². The molecular formula is C26H28ClN5. The van der Waals surface area contributed by atoms with Crippen LogP contribution in [0.2, 0.25) is 5.02 Å². The minimum atomic E-state index is 0.711. The minimum Gasteiger partial charge on any atom is -0.384 e. The summed E-state index contributed by atoms with van der Waals surface area (Å²) >= 11 is 6.09. The lowest BCUT2D eigenvalue weighted by Crippen LogP contribution is -2.25.